The van der Waals surface area contributed by atoms with E-state index < -0.39 is 18.0 Å². The van der Waals surface area contributed by atoms with E-state index in [0.29, 0.717) is 46.2 Å². The second kappa shape index (κ2) is 7.31. The van der Waals surface area contributed by atoms with Gasteiger partial charge >= 0.3 is 11.8 Å². The highest BCUT2D eigenvalue weighted by Gasteiger charge is 2.40. The van der Waals surface area contributed by atoms with Gasteiger partial charge in [0, 0.05) is 38.5 Å². The van der Waals surface area contributed by atoms with Crippen LogP contribution in [-0.4, -0.2) is 60.7 Å². The zero-order chi connectivity index (χ0) is 23.7. The molecule has 2 aliphatic rings. The van der Waals surface area contributed by atoms with Crippen LogP contribution in [0.2, 0.25) is 0 Å². The number of aryl methyl sites for hydroxylation is 2. The van der Waals surface area contributed by atoms with Gasteiger partial charge in [-0.25, -0.2) is 14.0 Å². The molecule has 0 spiro atoms. The Labute approximate surface area is 193 Å². The summed E-state index contributed by atoms with van der Waals surface area (Å²) in [6, 6.07) is 1.02. The average molecular weight is 466 g/mol. The van der Waals surface area contributed by atoms with Crippen LogP contribution in [0.1, 0.15) is 19.4 Å². The maximum Gasteiger partial charge on any atom is 0.409 e. The number of halogens is 1. The number of imidazole rings is 1. The van der Waals surface area contributed by atoms with Crippen molar-refractivity contribution >= 4 is 28.0 Å². The average Bonchev–Trinajstić information content (AvgIpc) is 3.29. The Bertz CT molecular complexity index is 1540. The van der Waals surface area contributed by atoms with Gasteiger partial charge in [0.25, 0.3) is 0 Å². The van der Waals surface area contributed by atoms with Gasteiger partial charge < -0.3 is 14.4 Å². The topological polar surface area (TPSA) is 96.4 Å². The van der Waals surface area contributed by atoms with Crippen molar-refractivity contribution in [2.75, 3.05) is 19.7 Å². The van der Waals surface area contributed by atoms with Crippen molar-refractivity contribution in [2.24, 2.45) is 14.1 Å². The van der Waals surface area contributed by atoms with Crippen LogP contribution < -0.4 is 10.4 Å². The SMILES string of the molecule is CCOC(=O)N1CC[C@H]2[C@@H](C1)Oc1c(-c3cnn(C)c3)c(F)cc3ncc4c(c13)n2c(=O)n4C. The smallest absolute Gasteiger partial charge is 0.409 e. The van der Waals surface area contributed by atoms with E-state index in [1.54, 1.807) is 58.3 Å². The Morgan fingerprint density at radius 1 is 1.32 bits per heavy atom. The summed E-state index contributed by atoms with van der Waals surface area (Å²) in [5.41, 5.74) is 2.30. The highest BCUT2D eigenvalue weighted by atomic mass is 19.1. The minimum absolute atomic E-state index is 0.201. The summed E-state index contributed by atoms with van der Waals surface area (Å²) >= 11 is 0. The predicted octanol–water partition coefficient (Wildman–Crippen LogP) is 2.59. The zero-order valence-electron chi connectivity index (χ0n) is 19.0. The van der Waals surface area contributed by atoms with Crippen LogP contribution in [0.15, 0.2) is 29.5 Å². The first-order valence-electron chi connectivity index (χ1n) is 11.2. The Balaban J connectivity index is 1.65. The van der Waals surface area contributed by atoms with E-state index in [-0.39, 0.29) is 30.4 Å². The van der Waals surface area contributed by atoms with Crippen LogP contribution in [-0.2, 0) is 18.8 Å². The summed E-state index contributed by atoms with van der Waals surface area (Å²) < 4.78 is 32.1. The lowest BCUT2D eigenvalue weighted by Gasteiger charge is -2.37. The van der Waals surface area contributed by atoms with Gasteiger partial charge in [0.15, 0.2) is 0 Å². The van der Waals surface area contributed by atoms with Crippen LogP contribution in [0.25, 0.3) is 33.1 Å². The quantitative estimate of drug-likeness (QED) is 0.451. The van der Waals surface area contributed by atoms with E-state index in [1.165, 1.54) is 6.07 Å². The number of amides is 1. The molecular weight excluding hydrogens is 443 g/mol. The largest absolute Gasteiger partial charge is 0.485 e. The summed E-state index contributed by atoms with van der Waals surface area (Å²) in [7, 11) is 3.45. The number of fused-ring (bicyclic) bond motifs is 2. The molecule has 0 aliphatic carbocycles. The molecule has 5 heterocycles. The first-order chi connectivity index (χ1) is 16.4. The molecule has 1 amide bonds. The Morgan fingerprint density at radius 2 is 2.15 bits per heavy atom. The molecule has 2 aliphatic heterocycles. The van der Waals surface area contributed by atoms with Gasteiger partial charge in [-0.1, -0.05) is 0 Å². The minimum Gasteiger partial charge on any atom is -0.485 e. The highest BCUT2D eigenvalue weighted by Crippen LogP contribution is 2.46. The van der Waals surface area contributed by atoms with Crippen molar-refractivity contribution in [1.29, 1.82) is 0 Å². The van der Waals surface area contributed by atoms with E-state index in [0.717, 1.165) is 0 Å². The first kappa shape index (κ1) is 20.7. The molecule has 3 aromatic heterocycles. The second-order valence-corrected chi connectivity index (χ2v) is 8.72. The molecule has 34 heavy (non-hydrogen) atoms. The molecule has 1 saturated heterocycles. The summed E-state index contributed by atoms with van der Waals surface area (Å²) in [6.45, 7) is 2.63. The van der Waals surface area contributed by atoms with Gasteiger partial charge in [0.2, 0.25) is 0 Å². The lowest BCUT2D eigenvalue weighted by molar-refractivity contribution is 0.0361. The van der Waals surface area contributed by atoms with Crippen LogP contribution >= 0.6 is 0 Å². The Hall–Kier alpha value is -3.89. The molecule has 2 atom stereocenters. The molecule has 6 rings (SSSR count). The van der Waals surface area contributed by atoms with Crippen LogP contribution in [0.4, 0.5) is 9.18 Å². The first-order valence-corrected chi connectivity index (χ1v) is 11.2. The highest BCUT2D eigenvalue weighted by molar-refractivity contribution is 6.09. The third-order valence-electron chi connectivity index (χ3n) is 6.76. The third-order valence-corrected chi connectivity index (χ3v) is 6.76. The maximum absolute atomic E-state index is 15.5. The van der Waals surface area contributed by atoms with Crippen molar-refractivity contribution in [3.05, 3.63) is 41.0 Å². The van der Waals surface area contributed by atoms with Gasteiger partial charge in [0.1, 0.15) is 17.7 Å². The minimum atomic E-state index is -0.589. The van der Waals surface area contributed by atoms with Gasteiger partial charge in [-0.15, -0.1) is 0 Å². The summed E-state index contributed by atoms with van der Waals surface area (Å²) in [4.78, 5) is 31.9. The predicted molar refractivity (Wildman–Crippen MR) is 121 cm³/mol. The number of piperidine rings is 1. The normalized spacial score (nSPS) is 19.4. The molecule has 1 aromatic carbocycles. The number of carbonyl (C=O) groups is 1. The van der Waals surface area contributed by atoms with Crippen molar-refractivity contribution in [1.82, 2.24) is 28.8 Å². The molecule has 0 radical (unpaired) electrons. The molecule has 11 heteroatoms. The van der Waals surface area contributed by atoms with Crippen molar-refractivity contribution < 1.29 is 18.7 Å². The lowest BCUT2D eigenvalue weighted by Crippen LogP contribution is -2.50. The van der Waals surface area contributed by atoms with E-state index in [9.17, 15) is 9.59 Å². The van der Waals surface area contributed by atoms with Crippen molar-refractivity contribution in [2.45, 2.75) is 25.5 Å². The number of carbonyl (C=O) groups excluding carboxylic acids is 1. The summed E-state index contributed by atoms with van der Waals surface area (Å²) in [6.07, 6.45) is 4.35. The molecular formula is C23H23FN6O4. The molecule has 10 nitrogen and oxygen atoms in total. The zero-order valence-corrected chi connectivity index (χ0v) is 19.0. The molecule has 176 valence electrons. The number of hydrogen-bond acceptors (Lipinski definition) is 6. The van der Waals surface area contributed by atoms with Crippen LogP contribution in [0.3, 0.4) is 0 Å². The van der Waals surface area contributed by atoms with Gasteiger partial charge in [0.05, 0.1) is 59.1 Å². The van der Waals surface area contributed by atoms with E-state index >= 15 is 4.39 Å². The third kappa shape index (κ3) is 2.79. The Kier molecular flexibility index (Phi) is 4.45. The van der Waals surface area contributed by atoms with E-state index in [1.807, 2.05) is 0 Å². The number of hydrogen-bond donors (Lipinski definition) is 0. The van der Waals surface area contributed by atoms with Gasteiger partial charge in [-0.05, 0) is 13.3 Å². The lowest BCUT2D eigenvalue weighted by atomic mass is 10.0. The van der Waals surface area contributed by atoms with Crippen LogP contribution in [0, 0.1) is 5.82 Å². The number of rotatable bonds is 2. The van der Waals surface area contributed by atoms with Crippen molar-refractivity contribution in [3.8, 4) is 16.9 Å². The summed E-state index contributed by atoms with van der Waals surface area (Å²) in [5, 5.41) is 4.77. The molecule has 0 bridgehead atoms. The fourth-order valence-electron chi connectivity index (χ4n) is 5.21. The fourth-order valence-corrected chi connectivity index (χ4v) is 5.21. The summed E-state index contributed by atoms with van der Waals surface area (Å²) in [5.74, 6) is -0.192. The maximum atomic E-state index is 15.5. The van der Waals surface area contributed by atoms with Gasteiger partial charge in [-0.3, -0.25) is 18.8 Å². The van der Waals surface area contributed by atoms with E-state index in [2.05, 4.69) is 10.1 Å². The van der Waals surface area contributed by atoms with Gasteiger partial charge in [-0.2, -0.15) is 5.10 Å². The Morgan fingerprint density at radius 3 is 2.88 bits per heavy atom. The number of nitrogens with zero attached hydrogens (tertiary/aromatic N) is 6. The molecule has 0 saturated carbocycles. The molecule has 0 N–H and O–H groups in total. The second-order valence-electron chi connectivity index (χ2n) is 8.72. The number of aromatic nitrogens is 5. The number of pyridine rings is 1. The number of ether oxygens (including phenoxy) is 2. The number of likely N-dealkylation sites (tertiary alicyclic amines) is 1. The molecule has 4 aromatic rings. The van der Waals surface area contributed by atoms with Crippen molar-refractivity contribution in [3.63, 3.8) is 0 Å². The number of benzene rings is 1. The monoisotopic (exact) mass is 466 g/mol. The van der Waals surface area contributed by atoms with Crippen LogP contribution in [0.5, 0.6) is 5.75 Å². The molecule has 1 fully saturated rings. The standard InChI is InChI=1S/C23H23FN6O4/c1-4-33-23(32)29-6-5-15-17(11-29)34-21-18(12-8-26-27(2)10-12)13(24)7-14-19(21)20-16(9-25-14)28(3)22(31)30(15)20/h7-10,15,17H,4-6,11H2,1-3H3/t15-,17+/m0/s1. The van der Waals surface area contributed by atoms with E-state index in [4.69, 9.17) is 9.47 Å². The fraction of sp³-hybridized carbons (Fsp3) is 0.391. The molecule has 0 unspecified atom stereocenters.